The van der Waals surface area contributed by atoms with E-state index in [-0.39, 0.29) is 39.4 Å². The number of halogens is 2. The Morgan fingerprint density at radius 3 is 2.60 bits per heavy atom. The molecule has 9 heteroatoms. The van der Waals surface area contributed by atoms with Gasteiger partial charge in [-0.05, 0) is 71.2 Å². The number of aryl methyl sites for hydroxylation is 1. The number of hydrogen-bond acceptors (Lipinski definition) is 6. The molecule has 0 bridgehead atoms. The average Bonchev–Trinajstić information content (AvgIpc) is 3.72. The number of thioether (sulfide) groups is 1. The van der Waals surface area contributed by atoms with Crippen LogP contribution in [0.15, 0.2) is 58.7 Å². The Hall–Kier alpha value is -3.77. The Morgan fingerprint density at radius 1 is 1.25 bits per heavy atom. The molecule has 1 heterocycles. The number of methoxy groups -OCH3 is 1. The van der Waals surface area contributed by atoms with Crippen LogP contribution in [0.25, 0.3) is 0 Å². The van der Waals surface area contributed by atoms with Gasteiger partial charge < -0.3 is 4.74 Å². The molecule has 40 heavy (non-hydrogen) atoms. The maximum absolute atomic E-state index is 13.3. The van der Waals surface area contributed by atoms with Gasteiger partial charge in [-0.15, -0.1) is 11.8 Å². The smallest absolute Gasteiger partial charge is 0.280 e. The molecule has 1 amide bonds. The van der Waals surface area contributed by atoms with Crippen molar-refractivity contribution in [1.82, 2.24) is 10.4 Å². The first-order chi connectivity index (χ1) is 19.0. The minimum Gasteiger partial charge on any atom is -0.496 e. The lowest BCUT2D eigenvalue weighted by molar-refractivity contribution is -0.122. The molecule has 3 aromatic rings. The fraction of sp³-hybridized carbons (Fsp3) is 0.355. The summed E-state index contributed by atoms with van der Waals surface area (Å²) in [5, 5.41) is 13.9. The summed E-state index contributed by atoms with van der Waals surface area (Å²) in [6.45, 7) is 8.15. The van der Waals surface area contributed by atoms with E-state index in [4.69, 9.17) is 4.74 Å². The quantitative estimate of drug-likeness (QED) is 0.172. The molecule has 6 nitrogen and oxygen atoms in total. The van der Waals surface area contributed by atoms with Crippen molar-refractivity contribution in [3.63, 3.8) is 0 Å². The molecule has 1 fully saturated rings. The highest BCUT2D eigenvalue weighted by atomic mass is 32.2. The van der Waals surface area contributed by atoms with Crippen molar-refractivity contribution >= 4 is 23.9 Å². The summed E-state index contributed by atoms with van der Waals surface area (Å²) >= 11 is 1.19. The van der Waals surface area contributed by atoms with E-state index in [2.05, 4.69) is 66.6 Å². The van der Waals surface area contributed by atoms with Crippen molar-refractivity contribution in [2.24, 2.45) is 11.0 Å². The van der Waals surface area contributed by atoms with Crippen LogP contribution in [0.2, 0.25) is 0 Å². The van der Waals surface area contributed by atoms with Crippen LogP contribution >= 0.6 is 11.8 Å². The average molecular weight is 563 g/mol. The highest BCUT2D eigenvalue weighted by molar-refractivity contribution is 7.98. The molecule has 0 radical (unpaired) electrons. The molecule has 4 rings (SSSR count). The molecule has 0 unspecified atom stereocenters. The number of nitrogens with zero attached hydrogens (tertiary/aromatic N) is 3. The van der Waals surface area contributed by atoms with E-state index in [1.165, 1.54) is 23.4 Å². The number of pyridine rings is 1. The SMILES string of the molecule is COc1ccc(C=NNC(=O)[C@@H]2C[C@H]2c2ccc(C(C)(C)C)cc2)cc1CSc1nc(C(F)F)cc(C)c1C#N. The molecular formula is C31H32F2N4O2S. The second-order valence-electron chi connectivity index (χ2n) is 10.9. The summed E-state index contributed by atoms with van der Waals surface area (Å²) in [6, 6.07) is 17.2. The second kappa shape index (κ2) is 12.2. The van der Waals surface area contributed by atoms with Crippen molar-refractivity contribution in [3.05, 3.63) is 87.6 Å². The highest BCUT2D eigenvalue weighted by Crippen LogP contribution is 2.47. The van der Waals surface area contributed by atoms with E-state index in [1.807, 2.05) is 6.07 Å². The maximum atomic E-state index is 13.3. The van der Waals surface area contributed by atoms with E-state index in [1.54, 1.807) is 32.4 Å². The fourth-order valence-corrected chi connectivity index (χ4v) is 5.53. The van der Waals surface area contributed by atoms with Gasteiger partial charge in [-0.25, -0.2) is 19.2 Å². The standard InChI is InChI=1S/C31H32F2N4O2S/c1-18-12-26(28(32)33)36-30(25(18)15-34)40-17-21-13-19(6-11-27(21)39-5)16-35-37-29(38)24-14-23(24)20-7-9-22(10-8-20)31(2,3)4/h6-13,16,23-24,28H,14,17H2,1-5H3,(H,37,38)/t23-,24+/m0/s1. The topological polar surface area (TPSA) is 87.4 Å². The van der Waals surface area contributed by atoms with Crippen LogP contribution in [0.1, 0.15) is 78.6 Å². The number of hydrogen-bond donors (Lipinski definition) is 1. The zero-order chi connectivity index (χ0) is 29.0. The Morgan fingerprint density at radius 2 is 1.98 bits per heavy atom. The molecule has 2 atom stereocenters. The summed E-state index contributed by atoms with van der Waals surface area (Å²) in [5.74, 6) is 0.924. The summed E-state index contributed by atoms with van der Waals surface area (Å²) in [4.78, 5) is 16.7. The number of aromatic nitrogens is 1. The molecule has 1 aromatic heterocycles. The molecule has 1 aliphatic rings. The summed E-state index contributed by atoms with van der Waals surface area (Å²) < 4.78 is 32.0. The highest BCUT2D eigenvalue weighted by Gasteiger charge is 2.44. The van der Waals surface area contributed by atoms with E-state index >= 15 is 0 Å². The van der Waals surface area contributed by atoms with E-state index < -0.39 is 6.43 Å². The first kappa shape index (κ1) is 29.2. The largest absolute Gasteiger partial charge is 0.496 e. The summed E-state index contributed by atoms with van der Waals surface area (Å²) in [5.41, 5.74) is 7.04. The molecule has 1 saturated carbocycles. The zero-order valence-corrected chi connectivity index (χ0v) is 24.0. The van der Waals surface area contributed by atoms with Gasteiger partial charge in [-0.2, -0.15) is 10.4 Å². The van der Waals surface area contributed by atoms with Crippen LogP contribution in [-0.2, 0) is 16.0 Å². The zero-order valence-electron chi connectivity index (χ0n) is 23.2. The third-order valence-corrected chi connectivity index (χ3v) is 7.95. The van der Waals surface area contributed by atoms with Crippen LogP contribution < -0.4 is 10.2 Å². The predicted molar refractivity (Wildman–Crippen MR) is 153 cm³/mol. The van der Waals surface area contributed by atoms with Gasteiger partial charge >= 0.3 is 0 Å². The predicted octanol–water partition coefficient (Wildman–Crippen LogP) is 7.05. The van der Waals surface area contributed by atoms with Crippen LogP contribution in [0.3, 0.4) is 0 Å². The number of benzene rings is 2. The van der Waals surface area contributed by atoms with Crippen molar-refractivity contribution < 1.29 is 18.3 Å². The van der Waals surface area contributed by atoms with Gasteiger partial charge in [0, 0.05) is 17.2 Å². The lowest BCUT2D eigenvalue weighted by Gasteiger charge is -2.19. The number of carbonyl (C=O) groups is 1. The number of hydrazone groups is 1. The van der Waals surface area contributed by atoms with E-state index in [0.29, 0.717) is 17.1 Å². The third kappa shape index (κ3) is 6.86. The van der Waals surface area contributed by atoms with Gasteiger partial charge in [-0.3, -0.25) is 4.79 Å². The maximum Gasteiger partial charge on any atom is 0.280 e. The molecule has 2 aromatic carbocycles. The number of nitriles is 1. The van der Waals surface area contributed by atoms with Gasteiger partial charge in [0.2, 0.25) is 5.91 Å². The summed E-state index contributed by atoms with van der Waals surface area (Å²) in [6.07, 6.45) is -0.373. The van der Waals surface area contributed by atoms with Crippen molar-refractivity contribution in [1.29, 1.82) is 5.26 Å². The Labute approximate surface area is 237 Å². The Bertz CT molecular complexity index is 1460. The molecular weight excluding hydrogens is 530 g/mol. The summed E-state index contributed by atoms with van der Waals surface area (Å²) in [7, 11) is 1.54. The van der Waals surface area contributed by atoms with Crippen molar-refractivity contribution in [2.75, 3.05) is 7.11 Å². The normalized spacial score (nSPS) is 16.7. The van der Waals surface area contributed by atoms with Crippen LogP contribution in [0.5, 0.6) is 5.75 Å². The molecule has 0 aliphatic heterocycles. The number of carbonyl (C=O) groups excluding carboxylic acids is 1. The number of amides is 1. The number of nitrogens with one attached hydrogen (secondary N) is 1. The minimum absolute atomic E-state index is 0.0858. The Balaban J connectivity index is 1.39. The van der Waals surface area contributed by atoms with Crippen molar-refractivity contribution in [2.45, 2.75) is 62.7 Å². The van der Waals surface area contributed by atoms with Crippen LogP contribution in [0, 0.1) is 24.2 Å². The third-order valence-electron chi connectivity index (χ3n) is 6.93. The van der Waals surface area contributed by atoms with Gasteiger partial charge in [0.15, 0.2) is 0 Å². The van der Waals surface area contributed by atoms with Crippen LogP contribution in [-0.4, -0.2) is 24.2 Å². The fourth-order valence-electron chi connectivity index (χ4n) is 4.49. The van der Waals surface area contributed by atoms with Gasteiger partial charge in [0.25, 0.3) is 6.43 Å². The molecule has 1 N–H and O–H groups in total. The molecule has 208 valence electrons. The Kier molecular flexibility index (Phi) is 8.89. The first-order valence-corrected chi connectivity index (χ1v) is 13.9. The van der Waals surface area contributed by atoms with E-state index in [0.717, 1.165) is 23.1 Å². The minimum atomic E-state index is -2.73. The monoisotopic (exact) mass is 562 g/mol. The number of rotatable bonds is 9. The van der Waals surface area contributed by atoms with Gasteiger partial charge in [0.1, 0.15) is 22.5 Å². The first-order valence-electron chi connectivity index (χ1n) is 12.9. The lowest BCUT2D eigenvalue weighted by atomic mass is 9.86. The van der Waals surface area contributed by atoms with Gasteiger partial charge in [-0.1, -0.05) is 45.0 Å². The van der Waals surface area contributed by atoms with Crippen LogP contribution in [0.4, 0.5) is 8.78 Å². The number of alkyl halides is 2. The molecule has 1 aliphatic carbocycles. The van der Waals surface area contributed by atoms with E-state index in [9.17, 15) is 18.8 Å². The second-order valence-corrected chi connectivity index (χ2v) is 11.8. The molecule has 0 saturated heterocycles. The van der Waals surface area contributed by atoms with Crippen molar-refractivity contribution in [3.8, 4) is 11.8 Å². The number of ether oxygens (including phenoxy) is 1. The molecule has 0 spiro atoms. The lowest BCUT2D eigenvalue weighted by Crippen LogP contribution is -2.20. The van der Waals surface area contributed by atoms with Gasteiger partial charge in [0.05, 0.1) is 18.9 Å².